The maximum absolute atomic E-state index is 9.24. The van der Waals surface area contributed by atoms with Gasteiger partial charge >= 0.3 is 0 Å². The number of nitrogens with zero attached hydrogens (tertiary/aromatic N) is 3. The highest BCUT2D eigenvalue weighted by molar-refractivity contribution is 6.64. The highest BCUT2D eigenvalue weighted by atomic mass is 14.9. The van der Waals surface area contributed by atoms with Crippen LogP contribution in [0.15, 0.2) is 170 Å². The van der Waals surface area contributed by atoms with Gasteiger partial charge in [0.05, 0.1) is 34.0 Å². The lowest BCUT2D eigenvalue weighted by molar-refractivity contribution is 1.18. The summed E-state index contributed by atoms with van der Waals surface area (Å²) in [5.74, 6) is 0.646. The second-order valence-electron chi connectivity index (χ2n) is 12.8. The van der Waals surface area contributed by atoms with E-state index in [0.29, 0.717) is 11.4 Å². The van der Waals surface area contributed by atoms with Gasteiger partial charge in [-0.1, -0.05) is 152 Å². The van der Waals surface area contributed by atoms with Crippen molar-refractivity contribution in [2.75, 3.05) is 0 Å². The zero-order valence-electron chi connectivity index (χ0n) is 28.1. The molecule has 0 spiro atoms. The molecule has 0 saturated carbocycles. The molecule has 52 heavy (non-hydrogen) atoms. The molecule has 0 radical (unpaired) electrons. The molecule has 2 N–H and O–H groups in total. The second-order valence-corrected chi connectivity index (χ2v) is 12.8. The number of hydrogen-bond donors (Lipinski definition) is 2. The Labute approximate surface area is 301 Å². The maximum Gasteiger partial charge on any atom is 0.160 e. The van der Waals surface area contributed by atoms with Crippen molar-refractivity contribution in [1.82, 2.24) is 15.0 Å². The van der Waals surface area contributed by atoms with Crippen molar-refractivity contribution in [2.45, 2.75) is 0 Å². The average molecular weight is 666 g/mol. The number of fused-ring (bicyclic) bond motifs is 3. The Morgan fingerprint density at radius 3 is 1.62 bits per heavy atom. The normalized spacial score (nSPS) is 12.4. The topological polar surface area (TPSA) is 86.4 Å². The molecule has 0 atom stereocenters. The largest absolute Gasteiger partial charge is 0.298 e. The van der Waals surface area contributed by atoms with Gasteiger partial charge in [-0.3, -0.25) is 10.8 Å². The van der Waals surface area contributed by atoms with Gasteiger partial charge in [0, 0.05) is 44.3 Å². The molecule has 0 aliphatic heterocycles. The number of para-hydroxylation sites is 1. The van der Waals surface area contributed by atoms with Crippen LogP contribution < -0.4 is 0 Å². The summed E-state index contributed by atoms with van der Waals surface area (Å²) in [6.45, 7) is 0. The highest BCUT2D eigenvalue weighted by Crippen LogP contribution is 2.38. The first-order chi connectivity index (χ1) is 25.6. The van der Waals surface area contributed by atoms with E-state index in [2.05, 4.69) is 48.5 Å². The Balaban J connectivity index is 1.14. The summed E-state index contributed by atoms with van der Waals surface area (Å²) < 4.78 is 0. The van der Waals surface area contributed by atoms with Gasteiger partial charge in [-0.25, -0.2) is 15.0 Å². The van der Waals surface area contributed by atoms with Crippen molar-refractivity contribution < 1.29 is 0 Å². The van der Waals surface area contributed by atoms with E-state index in [-0.39, 0.29) is 11.4 Å². The Morgan fingerprint density at radius 2 is 0.923 bits per heavy atom. The molecule has 2 heterocycles. The van der Waals surface area contributed by atoms with E-state index in [9.17, 15) is 10.8 Å². The molecule has 244 valence electrons. The van der Waals surface area contributed by atoms with Crippen molar-refractivity contribution in [2.24, 2.45) is 0 Å². The molecule has 8 aromatic rings. The van der Waals surface area contributed by atoms with E-state index >= 15 is 0 Å². The predicted octanol–water partition coefficient (Wildman–Crippen LogP) is 11.3. The lowest BCUT2D eigenvalue weighted by Crippen LogP contribution is -2.21. The van der Waals surface area contributed by atoms with Crippen molar-refractivity contribution >= 4 is 34.0 Å². The number of pyridine rings is 1. The first-order valence-electron chi connectivity index (χ1n) is 17.2. The summed E-state index contributed by atoms with van der Waals surface area (Å²) >= 11 is 0. The van der Waals surface area contributed by atoms with Gasteiger partial charge in [-0.15, -0.1) is 0 Å². The summed E-state index contributed by atoms with van der Waals surface area (Å²) in [5, 5.41) is 19.3. The zero-order chi connectivity index (χ0) is 35.0. The fraction of sp³-hybridized carbons (Fsp3) is 0. The van der Waals surface area contributed by atoms with E-state index in [1.165, 1.54) is 0 Å². The van der Waals surface area contributed by atoms with Crippen LogP contribution in [0.2, 0.25) is 0 Å². The molecule has 1 aliphatic carbocycles. The van der Waals surface area contributed by atoms with E-state index < -0.39 is 0 Å². The summed E-state index contributed by atoms with van der Waals surface area (Å²) in [5.41, 5.74) is 12.9. The van der Waals surface area contributed by atoms with E-state index in [0.717, 1.165) is 78.1 Å². The monoisotopic (exact) mass is 665 g/mol. The molecule has 2 aromatic heterocycles. The second kappa shape index (κ2) is 13.0. The SMILES string of the molecule is N=C1C(=N)c2c(c(-c3ccccc3)nc3ccccc23)C=C1c1ccc(-c2cc(-c3ccccc3)nc(-c3cccc(-c4ccccc4)c3)n2)cc1. The Kier molecular flexibility index (Phi) is 7.71. The fourth-order valence-corrected chi connectivity index (χ4v) is 6.93. The quantitative estimate of drug-likeness (QED) is 0.185. The molecule has 5 heteroatoms. The predicted molar refractivity (Wildman–Crippen MR) is 213 cm³/mol. The number of nitrogens with one attached hydrogen (secondary N) is 2. The molecule has 0 amide bonds. The van der Waals surface area contributed by atoms with Gasteiger partial charge in [0.15, 0.2) is 5.82 Å². The summed E-state index contributed by atoms with van der Waals surface area (Å²) in [7, 11) is 0. The molecule has 0 unspecified atom stereocenters. The molecule has 6 aromatic carbocycles. The van der Waals surface area contributed by atoms with Crippen molar-refractivity contribution in [3.05, 3.63) is 187 Å². The molecule has 0 saturated heterocycles. The number of benzene rings is 6. The first kappa shape index (κ1) is 30.9. The Morgan fingerprint density at radius 1 is 0.385 bits per heavy atom. The van der Waals surface area contributed by atoms with Crippen molar-refractivity contribution in [3.8, 4) is 56.3 Å². The van der Waals surface area contributed by atoms with Gasteiger partial charge in [0.2, 0.25) is 0 Å². The lowest BCUT2D eigenvalue weighted by Gasteiger charge is -2.23. The van der Waals surface area contributed by atoms with Crippen LogP contribution in [-0.2, 0) is 0 Å². The van der Waals surface area contributed by atoms with E-state index in [1.807, 2.05) is 127 Å². The lowest BCUT2D eigenvalue weighted by atomic mass is 9.82. The first-order valence-corrected chi connectivity index (χ1v) is 17.2. The minimum Gasteiger partial charge on any atom is -0.298 e. The maximum atomic E-state index is 9.24. The minimum absolute atomic E-state index is 0.185. The molecular weight excluding hydrogens is 635 g/mol. The van der Waals surface area contributed by atoms with Gasteiger partial charge < -0.3 is 0 Å². The standard InChI is InChI=1S/C47H31N5/c48-44-38(28-39-43(45(44)49)37-21-10-11-22-40(37)50-46(39)34-17-8-3-9-18-34)31-23-25-33(26-24-31)42-29-41(32-15-6-2-7-16-32)51-47(52-42)36-20-12-19-35(27-36)30-13-4-1-5-14-30/h1-29,48-49H. The number of rotatable bonds is 6. The zero-order valence-corrected chi connectivity index (χ0v) is 28.1. The average Bonchev–Trinajstić information content (AvgIpc) is 3.22. The van der Waals surface area contributed by atoms with Crippen LogP contribution in [0.4, 0.5) is 0 Å². The van der Waals surface area contributed by atoms with Crippen molar-refractivity contribution in [3.63, 3.8) is 0 Å². The minimum atomic E-state index is 0.185. The summed E-state index contributed by atoms with van der Waals surface area (Å²) in [6, 6.07) is 57.0. The molecule has 0 bridgehead atoms. The van der Waals surface area contributed by atoms with Crippen LogP contribution >= 0.6 is 0 Å². The van der Waals surface area contributed by atoms with Gasteiger partial charge in [-0.2, -0.15) is 0 Å². The van der Waals surface area contributed by atoms with Crippen LogP contribution in [0.1, 0.15) is 16.7 Å². The third-order valence-corrected chi connectivity index (χ3v) is 9.55. The fourth-order valence-electron chi connectivity index (χ4n) is 6.93. The molecular formula is C47H31N5. The number of hydrogen-bond acceptors (Lipinski definition) is 5. The third-order valence-electron chi connectivity index (χ3n) is 9.55. The highest BCUT2D eigenvalue weighted by Gasteiger charge is 2.28. The Hall–Kier alpha value is -7.11. The number of aromatic nitrogens is 3. The number of allylic oxidation sites excluding steroid dienone is 1. The van der Waals surface area contributed by atoms with Gasteiger partial charge in [0.25, 0.3) is 0 Å². The van der Waals surface area contributed by atoms with Crippen molar-refractivity contribution in [1.29, 1.82) is 10.8 Å². The van der Waals surface area contributed by atoms with Crippen LogP contribution in [-0.4, -0.2) is 26.4 Å². The van der Waals surface area contributed by atoms with Crippen LogP contribution in [0, 0.1) is 10.8 Å². The molecule has 1 aliphatic rings. The van der Waals surface area contributed by atoms with Crippen LogP contribution in [0.25, 0.3) is 78.8 Å². The molecule has 9 rings (SSSR count). The van der Waals surface area contributed by atoms with Gasteiger partial charge in [-0.05, 0) is 41.0 Å². The van der Waals surface area contributed by atoms with E-state index in [1.54, 1.807) is 0 Å². The van der Waals surface area contributed by atoms with E-state index in [4.69, 9.17) is 15.0 Å². The Bertz CT molecular complexity index is 2680. The van der Waals surface area contributed by atoms with Crippen LogP contribution in [0.5, 0.6) is 0 Å². The molecule has 0 fully saturated rings. The summed E-state index contributed by atoms with van der Waals surface area (Å²) in [6.07, 6.45) is 2.03. The smallest absolute Gasteiger partial charge is 0.160 e. The van der Waals surface area contributed by atoms with Gasteiger partial charge in [0.1, 0.15) is 0 Å². The molecule has 5 nitrogen and oxygen atoms in total. The third kappa shape index (κ3) is 5.60. The van der Waals surface area contributed by atoms with Crippen LogP contribution in [0.3, 0.4) is 0 Å². The summed E-state index contributed by atoms with van der Waals surface area (Å²) in [4.78, 5) is 15.2.